The van der Waals surface area contributed by atoms with Crippen molar-refractivity contribution in [3.05, 3.63) is 58.5 Å². The van der Waals surface area contributed by atoms with Crippen LogP contribution in [0.5, 0.6) is 5.75 Å². The van der Waals surface area contributed by atoms with Crippen LogP contribution in [-0.2, 0) is 24.2 Å². The van der Waals surface area contributed by atoms with Crippen molar-refractivity contribution in [2.45, 2.75) is 36.7 Å². The van der Waals surface area contributed by atoms with Gasteiger partial charge in [-0.15, -0.1) is 21.5 Å². The number of benzene rings is 1. The van der Waals surface area contributed by atoms with Gasteiger partial charge in [-0.2, -0.15) is 0 Å². The number of amides is 1. The molecule has 0 bridgehead atoms. The van der Waals surface area contributed by atoms with Crippen molar-refractivity contribution in [2.24, 2.45) is 0 Å². The highest BCUT2D eigenvalue weighted by atomic mass is 32.2. The lowest BCUT2D eigenvalue weighted by Crippen LogP contribution is -2.32. The van der Waals surface area contributed by atoms with Crippen molar-refractivity contribution in [3.63, 3.8) is 0 Å². The minimum Gasteiger partial charge on any atom is -0.497 e. The topological polar surface area (TPSA) is 69.0 Å². The molecule has 0 radical (unpaired) electrons. The molecule has 0 aliphatic heterocycles. The zero-order chi connectivity index (χ0) is 19.8. The third-order valence-corrected chi connectivity index (χ3v) is 6.31. The van der Waals surface area contributed by atoms with Gasteiger partial charge >= 0.3 is 0 Å². The number of hydrogen-bond acceptors (Lipinski definition) is 6. The van der Waals surface area contributed by atoms with E-state index in [2.05, 4.69) is 33.0 Å². The summed E-state index contributed by atoms with van der Waals surface area (Å²) in [5.41, 5.74) is 1.16. The number of thioether (sulfide) groups is 1. The van der Waals surface area contributed by atoms with Gasteiger partial charge in [-0.3, -0.25) is 4.79 Å². The van der Waals surface area contributed by atoms with E-state index in [1.54, 1.807) is 24.8 Å². The maximum atomic E-state index is 12.4. The Kier molecular flexibility index (Phi) is 7.50. The SMILES string of the molecule is COc1ccc(CCNC(=O)C(C)Sc2nncn2CCc2cccs2)cc1. The lowest BCUT2D eigenvalue weighted by atomic mass is 10.1. The van der Waals surface area contributed by atoms with E-state index in [1.807, 2.05) is 35.8 Å². The molecule has 6 nitrogen and oxygen atoms in total. The number of nitrogens with zero attached hydrogens (tertiary/aromatic N) is 3. The number of aryl methyl sites for hydroxylation is 2. The van der Waals surface area contributed by atoms with Crippen molar-refractivity contribution >= 4 is 29.0 Å². The average molecular weight is 417 g/mol. The number of rotatable bonds is 10. The van der Waals surface area contributed by atoms with Gasteiger partial charge in [0, 0.05) is 18.0 Å². The molecule has 0 saturated heterocycles. The normalized spacial score (nSPS) is 11.9. The van der Waals surface area contributed by atoms with Crippen LogP contribution in [0, 0.1) is 0 Å². The maximum Gasteiger partial charge on any atom is 0.233 e. The molecule has 1 amide bonds. The Bertz CT molecular complexity index is 863. The first-order valence-electron chi connectivity index (χ1n) is 9.13. The summed E-state index contributed by atoms with van der Waals surface area (Å²) >= 11 is 3.18. The number of nitrogens with one attached hydrogen (secondary N) is 1. The number of carbonyl (C=O) groups excluding carboxylic acids is 1. The third kappa shape index (κ3) is 5.84. The maximum absolute atomic E-state index is 12.4. The van der Waals surface area contributed by atoms with Crippen molar-refractivity contribution in [3.8, 4) is 5.75 Å². The number of carbonyl (C=O) groups is 1. The smallest absolute Gasteiger partial charge is 0.233 e. The highest BCUT2D eigenvalue weighted by Crippen LogP contribution is 2.22. The Morgan fingerprint density at radius 1 is 1.29 bits per heavy atom. The predicted octanol–water partition coefficient (Wildman–Crippen LogP) is 3.43. The van der Waals surface area contributed by atoms with Crippen LogP contribution in [0.25, 0.3) is 0 Å². The van der Waals surface area contributed by atoms with E-state index in [0.717, 1.165) is 35.9 Å². The van der Waals surface area contributed by atoms with Gasteiger partial charge in [-0.05, 0) is 48.9 Å². The van der Waals surface area contributed by atoms with Crippen molar-refractivity contribution in [1.82, 2.24) is 20.1 Å². The Labute approximate surface area is 173 Å². The molecule has 2 heterocycles. The molecule has 1 N–H and O–H groups in total. The second-order valence-corrected chi connectivity index (χ2v) is 8.63. The van der Waals surface area contributed by atoms with Crippen LogP contribution in [0.3, 0.4) is 0 Å². The van der Waals surface area contributed by atoms with E-state index in [4.69, 9.17) is 4.74 Å². The summed E-state index contributed by atoms with van der Waals surface area (Å²) in [5, 5.41) is 13.8. The van der Waals surface area contributed by atoms with Crippen LogP contribution in [0.1, 0.15) is 17.4 Å². The molecular weight excluding hydrogens is 392 g/mol. The Balaban J connectivity index is 1.44. The first-order chi connectivity index (χ1) is 13.7. The van der Waals surface area contributed by atoms with Gasteiger partial charge in [0.05, 0.1) is 12.4 Å². The largest absolute Gasteiger partial charge is 0.497 e. The minimum atomic E-state index is -0.236. The highest BCUT2D eigenvalue weighted by molar-refractivity contribution is 8.00. The van der Waals surface area contributed by atoms with Crippen molar-refractivity contribution in [1.29, 1.82) is 0 Å². The van der Waals surface area contributed by atoms with Gasteiger partial charge in [0.25, 0.3) is 0 Å². The van der Waals surface area contributed by atoms with Crippen molar-refractivity contribution < 1.29 is 9.53 Å². The third-order valence-electron chi connectivity index (χ3n) is 4.28. The fraction of sp³-hybridized carbons (Fsp3) is 0.350. The molecule has 0 saturated carbocycles. The Hall–Kier alpha value is -2.32. The molecule has 0 aliphatic carbocycles. The predicted molar refractivity (Wildman–Crippen MR) is 113 cm³/mol. The van der Waals surface area contributed by atoms with E-state index < -0.39 is 0 Å². The first-order valence-corrected chi connectivity index (χ1v) is 10.9. The van der Waals surface area contributed by atoms with Crippen LogP contribution < -0.4 is 10.1 Å². The van der Waals surface area contributed by atoms with Crippen LogP contribution in [-0.4, -0.2) is 39.6 Å². The minimum absolute atomic E-state index is 0.00585. The van der Waals surface area contributed by atoms with Gasteiger partial charge in [0.2, 0.25) is 5.91 Å². The molecule has 0 aliphatic rings. The lowest BCUT2D eigenvalue weighted by Gasteiger charge is -2.12. The van der Waals surface area contributed by atoms with Crippen LogP contribution in [0.15, 0.2) is 53.3 Å². The average Bonchev–Trinajstić information content (AvgIpc) is 3.38. The zero-order valence-electron chi connectivity index (χ0n) is 16.0. The monoisotopic (exact) mass is 416 g/mol. The summed E-state index contributed by atoms with van der Waals surface area (Å²) in [6.07, 6.45) is 3.44. The van der Waals surface area contributed by atoms with Gasteiger partial charge in [-0.1, -0.05) is 30.0 Å². The number of thiophene rings is 1. The van der Waals surface area contributed by atoms with Gasteiger partial charge in [0.1, 0.15) is 12.1 Å². The van der Waals surface area contributed by atoms with Crippen LogP contribution >= 0.6 is 23.1 Å². The van der Waals surface area contributed by atoms with E-state index in [1.165, 1.54) is 16.6 Å². The molecule has 28 heavy (non-hydrogen) atoms. The van der Waals surface area contributed by atoms with Gasteiger partial charge < -0.3 is 14.6 Å². The molecule has 148 valence electrons. The number of methoxy groups -OCH3 is 1. The first kappa shape index (κ1) is 20.4. The molecule has 8 heteroatoms. The molecule has 0 fully saturated rings. The summed E-state index contributed by atoms with van der Waals surface area (Å²) in [6.45, 7) is 3.30. The molecular formula is C20H24N4O2S2. The molecule has 0 spiro atoms. The summed E-state index contributed by atoms with van der Waals surface area (Å²) in [6, 6.07) is 12.1. The summed E-state index contributed by atoms with van der Waals surface area (Å²) in [5.74, 6) is 0.840. The molecule has 1 unspecified atom stereocenters. The standard InChI is InChI=1S/C20H24N4O2S2/c1-15(19(25)21-11-9-16-5-7-17(26-2)8-6-16)28-20-23-22-14-24(20)12-10-18-4-3-13-27-18/h3-8,13-15H,9-12H2,1-2H3,(H,21,25). The number of ether oxygens (including phenoxy) is 1. The van der Waals surface area contributed by atoms with E-state index >= 15 is 0 Å². The summed E-state index contributed by atoms with van der Waals surface area (Å²) < 4.78 is 7.16. The van der Waals surface area contributed by atoms with Crippen molar-refractivity contribution in [2.75, 3.05) is 13.7 Å². The van der Waals surface area contributed by atoms with E-state index in [0.29, 0.717) is 6.54 Å². The van der Waals surface area contributed by atoms with Gasteiger partial charge in [0.15, 0.2) is 5.16 Å². The quantitative estimate of drug-likeness (QED) is 0.513. The van der Waals surface area contributed by atoms with Crippen LogP contribution in [0.4, 0.5) is 0 Å². The summed E-state index contributed by atoms with van der Waals surface area (Å²) in [4.78, 5) is 13.7. The second kappa shape index (κ2) is 10.3. The second-order valence-electron chi connectivity index (χ2n) is 6.29. The van der Waals surface area contributed by atoms with E-state index in [9.17, 15) is 4.79 Å². The highest BCUT2D eigenvalue weighted by Gasteiger charge is 2.17. The fourth-order valence-corrected chi connectivity index (χ4v) is 4.23. The molecule has 3 rings (SSSR count). The fourth-order valence-electron chi connectivity index (χ4n) is 2.65. The van der Waals surface area contributed by atoms with Crippen LogP contribution in [0.2, 0.25) is 0 Å². The lowest BCUT2D eigenvalue weighted by molar-refractivity contribution is -0.120. The Morgan fingerprint density at radius 3 is 2.82 bits per heavy atom. The summed E-state index contributed by atoms with van der Waals surface area (Å²) in [7, 11) is 1.65. The Morgan fingerprint density at radius 2 is 2.11 bits per heavy atom. The number of hydrogen-bond donors (Lipinski definition) is 1. The molecule has 1 atom stereocenters. The molecule has 3 aromatic rings. The number of aromatic nitrogens is 3. The van der Waals surface area contributed by atoms with E-state index in [-0.39, 0.29) is 11.2 Å². The zero-order valence-corrected chi connectivity index (χ0v) is 17.6. The molecule has 2 aromatic heterocycles. The van der Waals surface area contributed by atoms with Gasteiger partial charge in [-0.25, -0.2) is 0 Å². The molecule has 1 aromatic carbocycles.